The van der Waals surface area contributed by atoms with Crippen molar-refractivity contribution in [1.29, 1.82) is 0 Å². The third-order valence-corrected chi connectivity index (χ3v) is 7.97. The summed E-state index contributed by atoms with van der Waals surface area (Å²) in [6.07, 6.45) is 3.97. The second-order valence-corrected chi connectivity index (χ2v) is 9.70. The van der Waals surface area contributed by atoms with Crippen molar-refractivity contribution in [1.82, 2.24) is 5.32 Å². The fourth-order valence-electron chi connectivity index (χ4n) is 6.53. The maximum atomic E-state index is 12.3. The lowest BCUT2D eigenvalue weighted by Gasteiger charge is -2.53. The van der Waals surface area contributed by atoms with Crippen LogP contribution in [0.25, 0.3) is 0 Å². The number of nitrogens with one attached hydrogen (secondary N) is 1. The van der Waals surface area contributed by atoms with Crippen molar-refractivity contribution in [3.05, 3.63) is 28.8 Å². The van der Waals surface area contributed by atoms with Gasteiger partial charge in [-0.3, -0.25) is 4.79 Å². The number of fused-ring (bicyclic) bond motifs is 1. The first-order valence-electron chi connectivity index (χ1n) is 10.4. The highest BCUT2D eigenvalue weighted by Crippen LogP contribution is 2.70. The van der Waals surface area contributed by atoms with Gasteiger partial charge in [-0.05, 0) is 84.6 Å². The van der Waals surface area contributed by atoms with Gasteiger partial charge in [-0.2, -0.15) is 0 Å². The van der Waals surface area contributed by atoms with Gasteiger partial charge in [-0.15, -0.1) is 0 Å². The number of aryl methyl sites for hydroxylation is 2. The first-order valence-corrected chi connectivity index (χ1v) is 10.4. The number of benzene rings is 1. The molecule has 1 aromatic rings. The minimum atomic E-state index is 0.0545. The summed E-state index contributed by atoms with van der Waals surface area (Å²) in [7, 11) is 0. The van der Waals surface area contributed by atoms with E-state index in [0.29, 0.717) is 24.0 Å². The second-order valence-electron chi connectivity index (χ2n) is 9.70. The first kappa shape index (κ1) is 18.8. The monoisotopic (exact) mass is 371 g/mol. The molecule has 2 N–H and O–H groups in total. The van der Waals surface area contributed by atoms with Gasteiger partial charge in [0.25, 0.3) is 0 Å². The van der Waals surface area contributed by atoms with Gasteiger partial charge < -0.3 is 15.2 Å². The van der Waals surface area contributed by atoms with Crippen LogP contribution in [-0.2, 0) is 9.53 Å². The summed E-state index contributed by atoms with van der Waals surface area (Å²) >= 11 is 0. The lowest BCUT2D eigenvalue weighted by Crippen LogP contribution is -2.58. The molecule has 1 heterocycles. The Labute approximate surface area is 162 Å². The molecular weight excluding hydrogens is 338 g/mol. The van der Waals surface area contributed by atoms with Gasteiger partial charge in [-0.25, -0.2) is 0 Å². The van der Waals surface area contributed by atoms with E-state index >= 15 is 0 Å². The fourth-order valence-corrected chi connectivity index (χ4v) is 6.53. The molecule has 1 amide bonds. The second kappa shape index (κ2) is 6.23. The molecular formula is C23H33NO3. The minimum Gasteiger partial charge on any atom is -0.507 e. The van der Waals surface area contributed by atoms with Crippen LogP contribution in [0.5, 0.6) is 5.75 Å². The largest absolute Gasteiger partial charge is 0.507 e. The summed E-state index contributed by atoms with van der Waals surface area (Å²) in [6.45, 7) is 11.3. The Morgan fingerprint density at radius 1 is 1.30 bits per heavy atom. The maximum absolute atomic E-state index is 12.3. The number of aromatic hydroxyl groups is 1. The Kier molecular flexibility index (Phi) is 4.34. The highest BCUT2D eigenvalue weighted by atomic mass is 16.5. The van der Waals surface area contributed by atoms with Gasteiger partial charge in [0.2, 0.25) is 5.91 Å². The fraction of sp³-hybridized carbons (Fsp3) is 0.696. The molecule has 5 atom stereocenters. The van der Waals surface area contributed by atoms with E-state index in [-0.39, 0.29) is 28.9 Å². The Balaban J connectivity index is 1.72. The molecule has 4 rings (SSSR count). The van der Waals surface area contributed by atoms with E-state index in [1.54, 1.807) is 0 Å². The summed E-state index contributed by atoms with van der Waals surface area (Å²) in [5.41, 5.74) is 3.25. The van der Waals surface area contributed by atoms with Crippen LogP contribution < -0.4 is 5.32 Å². The van der Waals surface area contributed by atoms with Gasteiger partial charge >= 0.3 is 0 Å². The number of hydrogen-bond acceptors (Lipinski definition) is 3. The maximum Gasteiger partial charge on any atom is 0.219 e. The zero-order chi connectivity index (χ0) is 19.6. The molecule has 0 radical (unpaired) electrons. The Bertz CT molecular complexity index is 748. The van der Waals surface area contributed by atoms with Crippen molar-refractivity contribution in [3.63, 3.8) is 0 Å². The van der Waals surface area contributed by atoms with E-state index in [1.165, 1.54) is 12.0 Å². The standard InChI is InChI=1S/C23H33NO3/c1-6-18(25)24-21-22(4,5)16-11-17-20(27-8-7-23(17,21)12-16)15-9-13(2)19(26)14(3)10-15/h9-10,16-17,20-21,26H,6-8,11-12H2,1-5H3,(H,24,25)/t16-,17-,20-,21-,23?/m1/s1. The third-order valence-electron chi connectivity index (χ3n) is 7.97. The highest BCUT2D eigenvalue weighted by molar-refractivity contribution is 5.76. The van der Waals surface area contributed by atoms with Gasteiger partial charge in [0, 0.05) is 19.1 Å². The summed E-state index contributed by atoms with van der Waals surface area (Å²) in [5.74, 6) is 1.59. The number of amides is 1. The van der Waals surface area contributed by atoms with E-state index in [9.17, 15) is 9.90 Å². The number of carbonyl (C=O) groups is 1. The molecule has 27 heavy (non-hydrogen) atoms. The molecule has 4 nitrogen and oxygen atoms in total. The lowest BCUT2D eigenvalue weighted by atomic mass is 9.58. The Hall–Kier alpha value is -1.55. The molecule has 4 heteroatoms. The SMILES string of the molecule is CCC(=O)N[C@@H]1C(C)(C)[C@@H]2C[C@@H]3[C@@H](c4cc(C)c(O)c(C)c4)OCCC31C2. The summed E-state index contributed by atoms with van der Waals surface area (Å²) in [6, 6.07) is 4.39. The normalized spacial score (nSPS) is 36.5. The minimum absolute atomic E-state index is 0.0545. The van der Waals surface area contributed by atoms with Gasteiger partial charge in [0.05, 0.1) is 6.10 Å². The van der Waals surface area contributed by atoms with Crippen LogP contribution in [0.2, 0.25) is 0 Å². The van der Waals surface area contributed by atoms with Crippen LogP contribution in [0.3, 0.4) is 0 Å². The molecule has 148 valence electrons. The van der Waals surface area contributed by atoms with Crippen molar-refractivity contribution < 1.29 is 14.6 Å². The predicted molar refractivity (Wildman–Crippen MR) is 106 cm³/mol. The smallest absolute Gasteiger partial charge is 0.219 e. The molecule has 2 saturated carbocycles. The average Bonchev–Trinajstić information content (AvgIpc) is 3.11. The van der Waals surface area contributed by atoms with Crippen LogP contribution in [0, 0.1) is 36.5 Å². The highest BCUT2D eigenvalue weighted by Gasteiger charge is 2.68. The van der Waals surface area contributed by atoms with E-state index < -0.39 is 0 Å². The molecule has 2 bridgehead atoms. The lowest BCUT2D eigenvalue weighted by molar-refractivity contribution is -0.137. The molecule has 2 aliphatic carbocycles. The van der Waals surface area contributed by atoms with Gasteiger partial charge in [-0.1, -0.05) is 20.8 Å². The van der Waals surface area contributed by atoms with Crippen molar-refractivity contribution in [2.45, 2.75) is 72.4 Å². The van der Waals surface area contributed by atoms with Crippen molar-refractivity contribution in [3.8, 4) is 5.75 Å². The van der Waals surface area contributed by atoms with Gasteiger partial charge in [0.15, 0.2) is 0 Å². The average molecular weight is 372 g/mol. The zero-order valence-corrected chi connectivity index (χ0v) is 17.3. The third kappa shape index (κ3) is 2.63. The van der Waals surface area contributed by atoms with Gasteiger partial charge in [0.1, 0.15) is 5.75 Å². The Morgan fingerprint density at radius 3 is 2.59 bits per heavy atom. The summed E-state index contributed by atoms with van der Waals surface area (Å²) < 4.78 is 6.33. The topological polar surface area (TPSA) is 58.6 Å². The predicted octanol–water partition coefficient (Wildman–Crippen LogP) is 4.42. The molecule has 1 aliphatic heterocycles. The number of carbonyl (C=O) groups excluding carboxylic acids is 1. The molecule has 1 unspecified atom stereocenters. The van der Waals surface area contributed by atoms with Crippen molar-refractivity contribution in [2.24, 2.45) is 22.7 Å². The number of ether oxygens (including phenoxy) is 1. The summed E-state index contributed by atoms with van der Waals surface area (Å²) in [4.78, 5) is 12.3. The van der Waals surface area contributed by atoms with E-state index in [0.717, 1.165) is 30.6 Å². The quantitative estimate of drug-likeness (QED) is 0.827. The van der Waals surface area contributed by atoms with Crippen LogP contribution in [-0.4, -0.2) is 23.7 Å². The molecule has 1 saturated heterocycles. The van der Waals surface area contributed by atoms with E-state index in [2.05, 4.69) is 31.3 Å². The number of rotatable bonds is 3. The van der Waals surface area contributed by atoms with Crippen molar-refractivity contribution in [2.75, 3.05) is 6.61 Å². The number of phenols is 1. The zero-order valence-electron chi connectivity index (χ0n) is 17.3. The molecule has 3 fully saturated rings. The van der Waals surface area contributed by atoms with Crippen LogP contribution in [0.15, 0.2) is 12.1 Å². The molecule has 3 aliphatic rings. The van der Waals surface area contributed by atoms with E-state index in [1.807, 2.05) is 20.8 Å². The summed E-state index contributed by atoms with van der Waals surface area (Å²) in [5, 5.41) is 13.6. The van der Waals surface area contributed by atoms with Crippen LogP contribution in [0.4, 0.5) is 0 Å². The van der Waals surface area contributed by atoms with Crippen molar-refractivity contribution >= 4 is 5.91 Å². The van der Waals surface area contributed by atoms with Crippen LogP contribution in [0.1, 0.15) is 69.2 Å². The molecule has 1 spiro atoms. The number of phenolic OH excluding ortho intramolecular Hbond substituents is 1. The molecule has 1 aromatic carbocycles. The molecule has 0 aromatic heterocycles. The van der Waals surface area contributed by atoms with Crippen LogP contribution >= 0.6 is 0 Å². The first-order chi connectivity index (χ1) is 12.7. The van der Waals surface area contributed by atoms with E-state index in [4.69, 9.17) is 4.74 Å². The Morgan fingerprint density at radius 2 is 1.96 bits per heavy atom. The number of hydrogen-bond donors (Lipinski definition) is 2.